The van der Waals surface area contributed by atoms with Gasteiger partial charge in [-0.3, -0.25) is 0 Å². The van der Waals surface area contributed by atoms with E-state index in [0.717, 1.165) is 39.4 Å². The number of aryl methyl sites for hydroxylation is 3. The number of nitrogens with two attached hydrogens (primary N) is 1. The molecule has 0 spiro atoms. The molecule has 41 heavy (non-hydrogen) atoms. The predicted molar refractivity (Wildman–Crippen MR) is 174 cm³/mol. The lowest BCUT2D eigenvalue weighted by atomic mass is 9.90. The Morgan fingerprint density at radius 2 is 1.39 bits per heavy atom. The van der Waals surface area contributed by atoms with Crippen molar-refractivity contribution in [1.82, 2.24) is 0 Å². The number of anilines is 2. The number of allylic oxidation sites excluding steroid dienone is 3. The number of nitrogens with one attached hydrogen (secondary N) is 1. The first-order chi connectivity index (χ1) is 19.5. The fraction of sp³-hybridized carbons (Fsp3) is 0.222. The molecular weight excluding hydrogens is 529 g/mol. The molecule has 2 unspecified atom stereocenters. The summed E-state index contributed by atoms with van der Waals surface area (Å²) in [6.45, 7) is 12.6. The Kier molecular flexibility index (Phi) is 9.78. The fourth-order valence-corrected chi connectivity index (χ4v) is 7.87. The smallest absolute Gasteiger partial charge is 0.124 e. The molecule has 0 aliphatic heterocycles. The van der Waals surface area contributed by atoms with Crippen molar-refractivity contribution in [2.45, 2.75) is 48.0 Å². The van der Waals surface area contributed by atoms with Gasteiger partial charge in [0.2, 0.25) is 0 Å². The van der Waals surface area contributed by atoms with E-state index in [1.165, 1.54) is 40.0 Å². The third kappa shape index (κ3) is 7.51. The highest BCUT2D eigenvalue weighted by Crippen LogP contribution is 2.38. The van der Waals surface area contributed by atoms with Gasteiger partial charge in [0.05, 0.1) is 0 Å². The summed E-state index contributed by atoms with van der Waals surface area (Å²) in [6, 6.07) is 25.7. The molecule has 2 atom stereocenters. The quantitative estimate of drug-likeness (QED) is 0.187. The lowest BCUT2D eigenvalue weighted by Crippen LogP contribution is -2.24. The minimum Gasteiger partial charge on any atom is -0.398 e. The van der Waals surface area contributed by atoms with Gasteiger partial charge in [-0.05, 0) is 118 Å². The Morgan fingerprint density at radius 1 is 0.756 bits per heavy atom. The molecule has 5 rings (SSSR count). The van der Waals surface area contributed by atoms with Gasteiger partial charge in [-0.1, -0.05) is 73.2 Å². The van der Waals surface area contributed by atoms with E-state index in [0.29, 0.717) is 5.92 Å². The molecule has 0 radical (unpaired) electrons. The van der Waals surface area contributed by atoms with Crippen LogP contribution in [0.1, 0.15) is 43.9 Å². The van der Waals surface area contributed by atoms with Gasteiger partial charge in [-0.15, -0.1) is 0 Å². The summed E-state index contributed by atoms with van der Waals surface area (Å²) in [5.74, 6) is -0.0759. The van der Waals surface area contributed by atoms with Crippen molar-refractivity contribution in [1.29, 1.82) is 0 Å². The van der Waals surface area contributed by atoms with Crippen LogP contribution in [-0.4, -0.2) is 0 Å². The summed E-state index contributed by atoms with van der Waals surface area (Å²) in [5.41, 5.74) is 14.7. The minimum atomic E-state index is -1.15. The van der Waals surface area contributed by atoms with Crippen molar-refractivity contribution in [3.63, 3.8) is 0 Å². The maximum atomic E-state index is 14.5. The molecule has 1 aliphatic carbocycles. The van der Waals surface area contributed by atoms with E-state index < -0.39 is 7.92 Å². The van der Waals surface area contributed by atoms with Gasteiger partial charge >= 0.3 is 0 Å². The molecule has 0 aromatic heterocycles. The second-order valence-corrected chi connectivity index (χ2v) is 13.1. The van der Waals surface area contributed by atoms with Crippen molar-refractivity contribution < 1.29 is 8.78 Å². The number of hydrogen-bond donors (Lipinski definition) is 2. The van der Waals surface area contributed by atoms with Crippen LogP contribution in [0.4, 0.5) is 20.2 Å². The Hall–Kier alpha value is -3.75. The maximum Gasteiger partial charge on any atom is 0.124 e. The molecule has 4 aromatic rings. The monoisotopic (exact) mass is 568 g/mol. The van der Waals surface area contributed by atoms with E-state index in [9.17, 15) is 8.78 Å². The third-order valence-electron chi connectivity index (χ3n) is 7.26. The van der Waals surface area contributed by atoms with E-state index in [-0.39, 0.29) is 11.6 Å². The first-order valence-electron chi connectivity index (χ1n) is 13.9. The van der Waals surface area contributed by atoms with Gasteiger partial charge in [0.1, 0.15) is 11.6 Å². The van der Waals surface area contributed by atoms with Gasteiger partial charge in [-0.25, -0.2) is 8.78 Å². The molecule has 0 heterocycles. The van der Waals surface area contributed by atoms with Gasteiger partial charge in [0.25, 0.3) is 0 Å². The van der Waals surface area contributed by atoms with Crippen LogP contribution in [0.5, 0.6) is 0 Å². The van der Waals surface area contributed by atoms with Gasteiger partial charge < -0.3 is 11.1 Å². The number of hydrogen-bond acceptors (Lipinski definition) is 2. The Morgan fingerprint density at radius 3 is 2.02 bits per heavy atom. The molecule has 4 aromatic carbocycles. The molecule has 0 saturated heterocycles. The molecule has 0 saturated carbocycles. The topological polar surface area (TPSA) is 38.0 Å². The Balaban J connectivity index is 0.000000328. The fourth-order valence-electron chi connectivity index (χ4n) is 5.44. The summed E-state index contributed by atoms with van der Waals surface area (Å²) >= 11 is 0. The molecule has 0 fully saturated rings. The van der Waals surface area contributed by atoms with Crippen molar-refractivity contribution in [2.75, 3.05) is 11.1 Å². The third-order valence-corrected chi connectivity index (χ3v) is 9.72. The highest BCUT2D eigenvalue weighted by molar-refractivity contribution is 7.80. The lowest BCUT2D eigenvalue weighted by Gasteiger charge is -2.27. The molecule has 3 N–H and O–H groups in total. The Bertz CT molecular complexity index is 1570. The van der Waals surface area contributed by atoms with Crippen LogP contribution >= 0.6 is 7.92 Å². The molecular formula is C36H39F2N2P. The van der Waals surface area contributed by atoms with Crippen molar-refractivity contribution >= 4 is 35.2 Å². The summed E-state index contributed by atoms with van der Waals surface area (Å²) in [6.07, 6.45) is 3.26. The zero-order valence-corrected chi connectivity index (χ0v) is 25.6. The van der Waals surface area contributed by atoms with E-state index >= 15 is 0 Å². The summed E-state index contributed by atoms with van der Waals surface area (Å²) in [4.78, 5) is 0. The summed E-state index contributed by atoms with van der Waals surface area (Å²) in [7, 11) is -1.15. The normalized spacial score (nSPS) is 15.5. The van der Waals surface area contributed by atoms with Gasteiger partial charge in [-0.2, -0.15) is 0 Å². The SMILES string of the molecule is CC1=CC(C)CC(C)=C1Nc1ccc(F)cc1P(c1ccccc1)c1cccc(F)c1.Cc1cc(C)c(N)c(C)c1. The highest BCUT2D eigenvalue weighted by atomic mass is 31.1. The van der Waals surface area contributed by atoms with E-state index in [4.69, 9.17) is 5.73 Å². The average Bonchev–Trinajstić information content (AvgIpc) is 2.91. The van der Waals surface area contributed by atoms with Gasteiger partial charge in [0.15, 0.2) is 0 Å². The van der Waals surface area contributed by atoms with Crippen LogP contribution in [0.2, 0.25) is 0 Å². The molecule has 0 amide bonds. The minimum absolute atomic E-state index is 0.287. The Labute approximate surface area is 244 Å². The highest BCUT2D eigenvalue weighted by Gasteiger charge is 2.23. The van der Waals surface area contributed by atoms with Crippen LogP contribution in [0.15, 0.2) is 108 Å². The van der Waals surface area contributed by atoms with E-state index in [1.807, 2.05) is 50.2 Å². The maximum absolute atomic E-state index is 14.5. The zero-order chi connectivity index (χ0) is 29.7. The number of nitrogen functional groups attached to an aromatic ring is 1. The number of halogens is 2. The van der Waals surface area contributed by atoms with Crippen LogP contribution in [0.3, 0.4) is 0 Å². The first-order valence-corrected chi connectivity index (χ1v) is 15.3. The average molecular weight is 569 g/mol. The van der Waals surface area contributed by atoms with Gasteiger partial charge in [0, 0.05) is 22.4 Å². The summed E-state index contributed by atoms with van der Waals surface area (Å²) in [5, 5.41) is 6.34. The van der Waals surface area contributed by atoms with Crippen LogP contribution < -0.4 is 27.0 Å². The molecule has 212 valence electrons. The first kappa shape index (κ1) is 30.2. The number of benzene rings is 4. The second-order valence-electron chi connectivity index (χ2n) is 10.9. The van der Waals surface area contributed by atoms with Crippen molar-refractivity contribution in [3.8, 4) is 0 Å². The molecule has 5 heteroatoms. The van der Waals surface area contributed by atoms with Crippen LogP contribution in [0, 0.1) is 38.3 Å². The second kappa shape index (κ2) is 13.3. The molecule has 0 bridgehead atoms. The van der Waals surface area contributed by atoms with Crippen LogP contribution in [-0.2, 0) is 0 Å². The van der Waals surface area contributed by atoms with Crippen LogP contribution in [0.25, 0.3) is 0 Å². The molecule has 1 aliphatic rings. The summed E-state index contributed by atoms with van der Waals surface area (Å²) < 4.78 is 28.6. The largest absolute Gasteiger partial charge is 0.398 e. The zero-order valence-electron chi connectivity index (χ0n) is 24.7. The lowest BCUT2D eigenvalue weighted by molar-refractivity contribution is 0.629. The van der Waals surface area contributed by atoms with E-state index in [1.54, 1.807) is 24.3 Å². The van der Waals surface area contributed by atoms with Crippen molar-refractivity contribution in [2.24, 2.45) is 5.92 Å². The predicted octanol–water partition coefficient (Wildman–Crippen LogP) is 8.59. The number of rotatable bonds is 5. The molecule has 2 nitrogen and oxygen atoms in total. The standard InChI is InChI=1S/C27H26F2NP.C9H13N/c1-18-14-19(2)27(20(3)15-18)30-25-13-12-22(29)17-26(25)31(23-9-5-4-6-10-23)24-11-7-8-21(28)16-24;1-6-4-7(2)9(10)8(3)5-6/h4-14,16-18,30H,15H2,1-3H3;4-5H,10H2,1-3H3. The van der Waals surface area contributed by atoms with E-state index in [2.05, 4.69) is 51.2 Å². The van der Waals surface area contributed by atoms with Crippen molar-refractivity contribution in [3.05, 3.63) is 136 Å².